The standard InChI is InChI=1S/C17H21N3O3S/c1-9-7-14(22-5)15(23-6)8-13(9)10(2)19-20-17-18-11(3)16(24-17)12(4)21/h7-8H,1-6H3,(H,18,20). The van der Waals surface area contributed by atoms with E-state index in [1.54, 1.807) is 14.2 Å². The quantitative estimate of drug-likeness (QED) is 0.489. The van der Waals surface area contributed by atoms with E-state index >= 15 is 0 Å². The molecule has 2 rings (SSSR count). The number of ketones is 1. The van der Waals surface area contributed by atoms with Gasteiger partial charge in [0, 0.05) is 12.5 Å². The minimum absolute atomic E-state index is 0.00878. The number of carbonyl (C=O) groups excluding carboxylic acids is 1. The van der Waals surface area contributed by atoms with Crippen LogP contribution in [0, 0.1) is 13.8 Å². The molecule has 2 aromatic rings. The summed E-state index contributed by atoms with van der Waals surface area (Å²) in [6.45, 7) is 7.23. The van der Waals surface area contributed by atoms with Gasteiger partial charge in [-0.3, -0.25) is 10.2 Å². The third kappa shape index (κ3) is 3.73. The summed E-state index contributed by atoms with van der Waals surface area (Å²) in [5, 5.41) is 4.97. The van der Waals surface area contributed by atoms with Gasteiger partial charge in [-0.15, -0.1) is 0 Å². The molecule has 0 amide bonds. The van der Waals surface area contributed by atoms with E-state index in [0.29, 0.717) is 27.2 Å². The van der Waals surface area contributed by atoms with Gasteiger partial charge in [0.2, 0.25) is 5.13 Å². The molecule has 1 heterocycles. The Bertz CT molecular complexity index is 797. The number of hydrazone groups is 1. The first-order valence-corrected chi connectivity index (χ1v) is 8.20. The van der Waals surface area contributed by atoms with Crippen LogP contribution in [0.2, 0.25) is 0 Å². The Labute approximate surface area is 145 Å². The predicted molar refractivity (Wildman–Crippen MR) is 97.0 cm³/mol. The molecule has 1 aromatic heterocycles. The molecule has 0 unspecified atom stereocenters. The third-order valence-electron chi connectivity index (χ3n) is 3.56. The lowest BCUT2D eigenvalue weighted by Gasteiger charge is -2.12. The van der Waals surface area contributed by atoms with Crippen LogP contribution >= 0.6 is 11.3 Å². The molecule has 6 nitrogen and oxygen atoms in total. The highest BCUT2D eigenvalue weighted by molar-refractivity contribution is 7.17. The maximum atomic E-state index is 11.5. The van der Waals surface area contributed by atoms with Crippen molar-refractivity contribution in [2.45, 2.75) is 27.7 Å². The van der Waals surface area contributed by atoms with Gasteiger partial charge < -0.3 is 9.47 Å². The van der Waals surface area contributed by atoms with Crippen LogP contribution in [0.1, 0.15) is 40.3 Å². The fraction of sp³-hybridized carbons (Fsp3) is 0.353. The summed E-state index contributed by atoms with van der Waals surface area (Å²) in [6, 6.07) is 3.80. The Morgan fingerprint density at radius 2 is 1.79 bits per heavy atom. The van der Waals surface area contributed by atoms with E-state index in [1.165, 1.54) is 18.3 Å². The largest absolute Gasteiger partial charge is 0.493 e. The molecule has 0 radical (unpaired) electrons. The van der Waals surface area contributed by atoms with Crippen molar-refractivity contribution in [2.24, 2.45) is 5.10 Å². The first-order chi connectivity index (χ1) is 11.4. The normalized spacial score (nSPS) is 11.3. The highest BCUT2D eigenvalue weighted by Crippen LogP contribution is 2.30. The molecule has 1 aromatic carbocycles. The zero-order chi connectivity index (χ0) is 17.9. The summed E-state index contributed by atoms with van der Waals surface area (Å²) in [7, 11) is 3.21. The van der Waals surface area contributed by atoms with Gasteiger partial charge >= 0.3 is 0 Å². The minimum Gasteiger partial charge on any atom is -0.493 e. The van der Waals surface area contributed by atoms with E-state index in [0.717, 1.165) is 16.8 Å². The van der Waals surface area contributed by atoms with Gasteiger partial charge in [0.15, 0.2) is 17.3 Å². The number of benzene rings is 1. The van der Waals surface area contributed by atoms with Crippen LogP contribution < -0.4 is 14.9 Å². The van der Waals surface area contributed by atoms with Crippen LogP contribution in [0.25, 0.3) is 0 Å². The summed E-state index contributed by atoms with van der Waals surface area (Å²) in [5.41, 5.74) is 6.39. The Morgan fingerprint density at radius 1 is 1.17 bits per heavy atom. The van der Waals surface area contributed by atoms with Gasteiger partial charge in [-0.2, -0.15) is 5.10 Å². The minimum atomic E-state index is 0.00878. The number of thiazole rings is 1. The Balaban J connectivity index is 2.28. The molecule has 0 spiro atoms. The Kier molecular flexibility index (Phi) is 5.56. The summed E-state index contributed by atoms with van der Waals surface area (Å²) in [4.78, 5) is 16.5. The van der Waals surface area contributed by atoms with Crippen molar-refractivity contribution in [3.8, 4) is 11.5 Å². The van der Waals surface area contributed by atoms with Crippen molar-refractivity contribution >= 4 is 28.0 Å². The highest BCUT2D eigenvalue weighted by atomic mass is 32.1. The molecule has 0 aliphatic heterocycles. The van der Waals surface area contributed by atoms with Gasteiger partial charge in [-0.05, 0) is 38.5 Å². The van der Waals surface area contributed by atoms with E-state index in [1.807, 2.05) is 32.9 Å². The molecule has 7 heteroatoms. The number of hydrogen-bond donors (Lipinski definition) is 1. The van der Waals surface area contributed by atoms with Crippen molar-refractivity contribution in [1.82, 2.24) is 4.98 Å². The number of anilines is 1. The first kappa shape index (κ1) is 17.9. The number of carbonyl (C=O) groups is 1. The maximum Gasteiger partial charge on any atom is 0.204 e. The average Bonchev–Trinajstić information content (AvgIpc) is 2.93. The monoisotopic (exact) mass is 347 g/mol. The van der Waals surface area contributed by atoms with Crippen LogP contribution in [0.3, 0.4) is 0 Å². The number of rotatable bonds is 6. The zero-order valence-corrected chi connectivity index (χ0v) is 15.5. The lowest BCUT2D eigenvalue weighted by atomic mass is 10.0. The van der Waals surface area contributed by atoms with Gasteiger partial charge in [0.25, 0.3) is 0 Å². The van der Waals surface area contributed by atoms with Gasteiger partial charge in [-0.1, -0.05) is 11.3 Å². The number of methoxy groups -OCH3 is 2. The van der Waals surface area contributed by atoms with Crippen LogP contribution in [0.15, 0.2) is 17.2 Å². The van der Waals surface area contributed by atoms with E-state index in [4.69, 9.17) is 9.47 Å². The molecular weight excluding hydrogens is 326 g/mol. The number of aryl methyl sites for hydroxylation is 2. The number of aromatic nitrogens is 1. The smallest absolute Gasteiger partial charge is 0.204 e. The number of Topliss-reactive ketones (excluding diaryl/α,β-unsaturated/α-hetero) is 1. The van der Waals surface area contributed by atoms with E-state index < -0.39 is 0 Å². The Morgan fingerprint density at radius 3 is 2.33 bits per heavy atom. The van der Waals surface area contributed by atoms with Gasteiger partial charge in [0.1, 0.15) is 0 Å². The number of hydrogen-bond acceptors (Lipinski definition) is 7. The van der Waals surface area contributed by atoms with Crippen molar-refractivity contribution in [3.63, 3.8) is 0 Å². The van der Waals surface area contributed by atoms with Crippen molar-refractivity contribution < 1.29 is 14.3 Å². The third-order valence-corrected chi connectivity index (χ3v) is 4.72. The number of ether oxygens (including phenoxy) is 2. The number of nitrogens with zero attached hydrogens (tertiary/aromatic N) is 2. The molecular formula is C17H21N3O3S. The second-order valence-electron chi connectivity index (χ2n) is 5.32. The maximum absolute atomic E-state index is 11.5. The topological polar surface area (TPSA) is 72.8 Å². The van der Waals surface area contributed by atoms with Crippen LogP contribution in [0.5, 0.6) is 11.5 Å². The van der Waals surface area contributed by atoms with Crippen molar-refractivity contribution in [2.75, 3.05) is 19.6 Å². The molecule has 0 atom stereocenters. The summed E-state index contributed by atoms with van der Waals surface area (Å²) >= 11 is 1.30. The second kappa shape index (κ2) is 7.44. The van der Waals surface area contributed by atoms with Crippen LogP contribution in [0.4, 0.5) is 5.13 Å². The SMILES string of the molecule is COc1cc(C)c(C(C)=NNc2nc(C)c(C(C)=O)s2)cc1OC. The highest BCUT2D eigenvalue weighted by Gasteiger charge is 2.13. The molecule has 0 aliphatic rings. The summed E-state index contributed by atoms with van der Waals surface area (Å²) in [6.07, 6.45) is 0. The molecule has 0 aliphatic carbocycles. The molecule has 0 saturated carbocycles. The van der Waals surface area contributed by atoms with Crippen molar-refractivity contribution in [1.29, 1.82) is 0 Å². The lowest BCUT2D eigenvalue weighted by Crippen LogP contribution is -2.03. The molecule has 0 saturated heterocycles. The molecule has 0 fully saturated rings. The molecule has 24 heavy (non-hydrogen) atoms. The first-order valence-electron chi connectivity index (χ1n) is 7.39. The van der Waals surface area contributed by atoms with E-state index in [2.05, 4.69) is 15.5 Å². The van der Waals surface area contributed by atoms with Gasteiger partial charge in [0.05, 0.1) is 30.5 Å². The van der Waals surface area contributed by atoms with E-state index in [-0.39, 0.29) is 5.78 Å². The lowest BCUT2D eigenvalue weighted by molar-refractivity contribution is 0.102. The predicted octanol–water partition coefficient (Wildman–Crippen LogP) is 3.82. The summed E-state index contributed by atoms with van der Waals surface area (Å²) in [5.74, 6) is 1.34. The van der Waals surface area contributed by atoms with Gasteiger partial charge in [-0.25, -0.2) is 4.98 Å². The van der Waals surface area contributed by atoms with E-state index in [9.17, 15) is 4.79 Å². The molecule has 128 valence electrons. The fourth-order valence-corrected chi connectivity index (χ4v) is 3.14. The van der Waals surface area contributed by atoms with Crippen molar-refractivity contribution in [3.05, 3.63) is 33.8 Å². The zero-order valence-electron chi connectivity index (χ0n) is 14.7. The van der Waals surface area contributed by atoms with Crippen LogP contribution in [-0.2, 0) is 0 Å². The van der Waals surface area contributed by atoms with Crippen LogP contribution in [-0.4, -0.2) is 30.7 Å². The fourth-order valence-electron chi connectivity index (χ4n) is 2.33. The number of nitrogens with one attached hydrogen (secondary N) is 1. The molecule has 0 bridgehead atoms. The molecule has 1 N–H and O–H groups in total. The summed E-state index contributed by atoms with van der Waals surface area (Å²) < 4.78 is 10.6. The average molecular weight is 347 g/mol. The Hall–Kier alpha value is -2.41. The second-order valence-corrected chi connectivity index (χ2v) is 6.32.